The highest BCUT2D eigenvalue weighted by Gasteiger charge is 2.51. The molecular weight excluding hydrogens is 442 g/mol. The quantitative estimate of drug-likeness (QED) is 0.342. The molecule has 4 aromatic carbocycles. The first-order chi connectivity index (χ1) is 16.2. The molecular formula is C29H31O2P2+. The Morgan fingerprint density at radius 1 is 0.606 bits per heavy atom. The van der Waals surface area contributed by atoms with E-state index >= 15 is 0 Å². The molecule has 2 unspecified atom stereocenters. The van der Waals surface area contributed by atoms with Crippen LogP contribution < -0.4 is 21.2 Å². The number of hydrogen-bond donors (Lipinski definition) is 2. The molecule has 2 nitrogen and oxygen atoms in total. The van der Waals surface area contributed by atoms with Crippen molar-refractivity contribution >= 4 is 36.4 Å². The summed E-state index contributed by atoms with van der Waals surface area (Å²) in [4.78, 5) is 0. The third-order valence-corrected chi connectivity index (χ3v) is 13.6. The van der Waals surface area contributed by atoms with Crippen LogP contribution in [0.1, 0.15) is 13.3 Å². The lowest BCUT2D eigenvalue weighted by Crippen LogP contribution is -2.38. The lowest BCUT2D eigenvalue weighted by molar-refractivity contribution is 0.246. The van der Waals surface area contributed by atoms with Crippen LogP contribution in [0.5, 0.6) is 0 Å². The summed E-state index contributed by atoms with van der Waals surface area (Å²) in [5.41, 5.74) is 0. The monoisotopic (exact) mass is 473 g/mol. The molecule has 168 valence electrons. The van der Waals surface area contributed by atoms with E-state index in [4.69, 9.17) is 0 Å². The summed E-state index contributed by atoms with van der Waals surface area (Å²) in [6.07, 6.45) is 1.17. The first kappa shape index (κ1) is 23.8. The number of aliphatic hydroxyl groups excluding tert-OH is 2. The smallest absolute Gasteiger partial charge is 0.173 e. The van der Waals surface area contributed by atoms with Crippen molar-refractivity contribution in [1.82, 2.24) is 0 Å². The Labute approximate surface area is 199 Å². The SMILES string of the molecule is CCC(O)[P+](CC(O)P(c1ccccc1)c1ccccc1)(c1ccccc1)c1ccccc1. The van der Waals surface area contributed by atoms with Crippen LogP contribution >= 0.6 is 15.2 Å². The largest absolute Gasteiger partial charge is 0.384 e. The maximum Gasteiger partial charge on any atom is 0.173 e. The van der Waals surface area contributed by atoms with Gasteiger partial charge in [0.25, 0.3) is 0 Å². The summed E-state index contributed by atoms with van der Waals surface area (Å²) in [6, 6.07) is 41.3. The van der Waals surface area contributed by atoms with Crippen molar-refractivity contribution in [2.75, 3.05) is 6.16 Å². The molecule has 4 rings (SSSR count). The molecule has 0 aromatic heterocycles. The Hall–Kier alpha value is -2.34. The standard InChI is InChI=1S/C29H31O2P2/c1-2-29(31)33(26-19-11-5-12-20-26,27-21-13-6-14-22-27)23-28(30)32(24-15-7-3-8-16-24)25-17-9-4-10-18-25/h3-22,28-31H,2,23H2,1H3/q+1. The Morgan fingerprint density at radius 3 is 1.33 bits per heavy atom. The molecule has 0 radical (unpaired) electrons. The summed E-state index contributed by atoms with van der Waals surface area (Å²) in [7, 11) is -3.34. The molecule has 0 amide bonds. The van der Waals surface area contributed by atoms with Crippen LogP contribution in [0.25, 0.3) is 0 Å². The molecule has 0 aliphatic rings. The van der Waals surface area contributed by atoms with E-state index in [2.05, 4.69) is 48.5 Å². The summed E-state index contributed by atoms with van der Waals surface area (Å²) >= 11 is 0. The zero-order valence-electron chi connectivity index (χ0n) is 18.9. The number of rotatable bonds is 9. The van der Waals surface area contributed by atoms with Gasteiger partial charge in [0, 0.05) is 6.42 Å². The van der Waals surface area contributed by atoms with Crippen LogP contribution in [0.2, 0.25) is 0 Å². The van der Waals surface area contributed by atoms with Crippen LogP contribution in [0, 0.1) is 0 Å². The van der Waals surface area contributed by atoms with E-state index in [1.54, 1.807) is 0 Å². The van der Waals surface area contributed by atoms with Gasteiger partial charge in [0.2, 0.25) is 0 Å². The maximum absolute atomic E-state index is 12.0. The average molecular weight is 474 g/mol. The predicted octanol–water partition coefficient (Wildman–Crippen LogP) is 4.83. The van der Waals surface area contributed by atoms with E-state index < -0.39 is 26.9 Å². The lowest BCUT2D eigenvalue weighted by Gasteiger charge is -2.35. The number of aliphatic hydroxyl groups is 2. The normalized spacial score (nSPS) is 13.6. The van der Waals surface area contributed by atoms with Gasteiger partial charge in [-0.15, -0.1) is 0 Å². The minimum absolute atomic E-state index is 0.527. The van der Waals surface area contributed by atoms with Gasteiger partial charge in [-0.1, -0.05) is 104 Å². The molecule has 0 saturated carbocycles. The van der Waals surface area contributed by atoms with Gasteiger partial charge in [-0.2, -0.15) is 0 Å². The maximum atomic E-state index is 12.0. The second-order valence-electron chi connectivity index (χ2n) is 8.13. The Balaban J connectivity index is 1.86. The molecule has 0 saturated heterocycles. The van der Waals surface area contributed by atoms with Crippen molar-refractivity contribution in [2.24, 2.45) is 0 Å². The number of hydrogen-bond acceptors (Lipinski definition) is 2. The molecule has 4 aromatic rings. The van der Waals surface area contributed by atoms with Gasteiger partial charge in [-0.05, 0) is 42.8 Å². The summed E-state index contributed by atoms with van der Waals surface area (Å²) < 4.78 is 0. The fraction of sp³-hybridized carbons (Fsp3) is 0.172. The van der Waals surface area contributed by atoms with Gasteiger partial charge in [0.05, 0.1) is 0 Å². The Morgan fingerprint density at radius 2 is 0.970 bits per heavy atom. The molecule has 0 aliphatic heterocycles. The fourth-order valence-electron chi connectivity index (χ4n) is 4.54. The molecule has 2 atom stereocenters. The van der Waals surface area contributed by atoms with E-state index in [9.17, 15) is 10.2 Å². The second-order valence-corrected chi connectivity index (χ2v) is 14.2. The van der Waals surface area contributed by atoms with Crippen LogP contribution in [-0.2, 0) is 0 Å². The zero-order valence-corrected chi connectivity index (χ0v) is 20.7. The van der Waals surface area contributed by atoms with Gasteiger partial charge in [-0.25, -0.2) is 0 Å². The fourth-order valence-corrected chi connectivity index (χ4v) is 12.1. The first-order valence-electron chi connectivity index (χ1n) is 11.4. The topological polar surface area (TPSA) is 40.5 Å². The number of benzene rings is 4. The molecule has 0 spiro atoms. The molecule has 0 heterocycles. The second kappa shape index (κ2) is 11.2. The molecule has 0 fully saturated rings. The van der Waals surface area contributed by atoms with E-state index in [0.29, 0.717) is 12.6 Å². The molecule has 33 heavy (non-hydrogen) atoms. The average Bonchev–Trinajstić information content (AvgIpc) is 2.89. The van der Waals surface area contributed by atoms with Crippen molar-refractivity contribution in [2.45, 2.75) is 25.0 Å². The van der Waals surface area contributed by atoms with Crippen LogP contribution in [0.15, 0.2) is 121 Å². The van der Waals surface area contributed by atoms with Crippen LogP contribution in [0.3, 0.4) is 0 Å². The van der Waals surface area contributed by atoms with Crippen molar-refractivity contribution in [1.29, 1.82) is 0 Å². The highest BCUT2D eigenvalue weighted by molar-refractivity contribution is 7.90. The summed E-state index contributed by atoms with van der Waals surface area (Å²) in [5, 5.41) is 28.1. The highest BCUT2D eigenvalue weighted by Crippen LogP contribution is 2.63. The van der Waals surface area contributed by atoms with E-state index in [1.165, 1.54) is 0 Å². The van der Waals surface area contributed by atoms with Crippen molar-refractivity contribution in [3.05, 3.63) is 121 Å². The van der Waals surface area contributed by atoms with E-state index in [1.807, 2.05) is 79.7 Å². The lowest BCUT2D eigenvalue weighted by atomic mass is 10.4. The first-order valence-corrected chi connectivity index (χ1v) is 14.9. The molecule has 4 heteroatoms. The summed E-state index contributed by atoms with van der Waals surface area (Å²) in [5.74, 6) is -1.12. The van der Waals surface area contributed by atoms with E-state index in [0.717, 1.165) is 21.2 Å². The van der Waals surface area contributed by atoms with Crippen LogP contribution in [0.4, 0.5) is 0 Å². The Bertz CT molecular complexity index is 1030. The Kier molecular flexibility index (Phi) is 8.07. The van der Waals surface area contributed by atoms with Gasteiger partial charge < -0.3 is 10.2 Å². The molecule has 0 bridgehead atoms. The molecule has 0 aliphatic carbocycles. The van der Waals surface area contributed by atoms with Crippen molar-refractivity contribution < 1.29 is 10.2 Å². The third-order valence-electron chi connectivity index (χ3n) is 6.13. The molecule has 2 N–H and O–H groups in total. The van der Waals surface area contributed by atoms with Crippen molar-refractivity contribution in [3.63, 3.8) is 0 Å². The van der Waals surface area contributed by atoms with Gasteiger partial charge >= 0.3 is 0 Å². The highest BCUT2D eigenvalue weighted by atomic mass is 31.2. The minimum atomic E-state index is -2.32. The summed E-state index contributed by atoms with van der Waals surface area (Å²) in [6.45, 7) is 2.04. The zero-order chi connectivity index (χ0) is 23.1. The van der Waals surface area contributed by atoms with Gasteiger partial charge in [-0.3, -0.25) is 0 Å². The predicted molar refractivity (Wildman–Crippen MR) is 145 cm³/mol. The van der Waals surface area contributed by atoms with Gasteiger partial charge in [0.1, 0.15) is 29.9 Å². The van der Waals surface area contributed by atoms with Gasteiger partial charge in [0.15, 0.2) is 5.85 Å². The van der Waals surface area contributed by atoms with Crippen molar-refractivity contribution in [3.8, 4) is 0 Å². The van der Waals surface area contributed by atoms with Crippen LogP contribution in [-0.4, -0.2) is 28.1 Å². The van der Waals surface area contributed by atoms with E-state index in [-0.39, 0.29) is 0 Å². The minimum Gasteiger partial charge on any atom is -0.384 e. The third kappa shape index (κ3) is 5.11.